The van der Waals surface area contributed by atoms with E-state index < -0.39 is 23.7 Å². The molecule has 0 aromatic heterocycles. The second kappa shape index (κ2) is 7.85. The van der Waals surface area contributed by atoms with E-state index in [4.69, 9.17) is 11.5 Å². The molecule has 1 unspecified atom stereocenters. The van der Waals surface area contributed by atoms with Gasteiger partial charge in [-0.05, 0) is 42.3 Å². The smallest absolute Gasteiger partial charge is 0.202 e. The van der Waals surface area contributed by atoms with Gasteiger partial charge in [-0.25, -0.2) is 13.8 Å². The van der Waals surface area contributed by atoms with Gasteiger partial charge in [0.2, 0.25) is 5.96 Å². The number of allylic oxidation sites excluding steroid dienone is 1. The summed E-state index contributed by atoms with van der Waals surface area (Å²) in [6, 6.07) is 11.4. The minimum atomic E-state index is -0.607. The van der Waals surface area contributed by atoms with Crippen molar-refractivity contribution in [2.75, 3.05) is 5.32 Å². The molecule has 7 heteroatoms. The zero-order valence-corrected chi connectivity index (χ0v) is 15.3. The van der Waals surface area contributed by atoms with Crippen LogP contribution in [0.1, 0.15) is 30.9 Å². The molecule has 1 heterocycles. The molecule has 2 aromatic carbocycles. The third kappa shape index (κ3) is 3.99. The molecule has 0 radical (unpaired) electrons. The predicted octanol–water partition coefficient (Wildman–Crippen LogP) is 3.16. The summed E-state index contributed by atoms with van der Waals surface area (Å²) in [5.41, 5.74) is 14.9. The first-order chi connectivity index (χ1) is 12.9. The summed E-state index contributed by atoms with van der Waals surface area (Å²) < 4.78 is 28.4. The second-order valence-electron chi connectivity index (χ2n) is 6.53. The Kier molecular flexibility index (Phi) is 5.53. The van der Waals surface area contributed by atoms with E-state index >= 15 is 0 Å². The van der Waals surface area contributed by atoms with Gasteiger partial charge in [0.1, 0.15) is 17.8 Å². The summed E-state index contributed by atoms with van der Waals surface area (Å²) in [4.78, 5) is 4.37. The molecule has 0 bridgehead atoms. The Labute approximate surface area is 157 Å². The Morgan fingerprint density at radius 3 is 2.37 bits per heavy atom. The lowest BCUT2D eigenvalue weighted by atomic mass is 9.92. The normalized spacial score (nSPS) is 18.0. The van der Waals surface area contributed by atoms with Crippen molar-refractivity contribution in [3.8, 4) is 0 Å². The van der Waals surface area contributed by atoms with Crippen LogP contribution in [0.25, 0.3) is 0 Å². The zero-order chi connectivity index (χ0) is 19.6. The lowest BCUT2D eigenvalue weighted by molar-refractivity contribution is 0.539. The second-order valence-corrected chi connectivity index (χ2v) is 6.53. The molecule has 142 valence electrons. The third-order valence-corrected chi connectivity index (χ3v) is 4.71. The van der Waals surface area contributed by atoms with E-state index in [2.05, 4.69) is 15.6 Å². The number of hydrogen-bond donors (Lipinski definition) is 4. The molecule has 1 aliphatic heterocycles. The molecule has 0 saturated heterocycles. The van der Waals surface area contributed by atoms with E-state index in [9.17, 15) is 8.78 Å². The number of aliphatic imine (C=N–C) groups is 1. The number of anilines is 1. The number of halogens is 2. The highest BCUT2D eigenvalue weighted by atomic mass is 19.1. The number of benzene rings is 2. The van der Waals surface area contributed by atoms with Crippen molar-refractivity contribution in [2.45, 2.75) is 32.5 Å². The van der Waals surface area contributed by atoms with Crippen LogP contribution in [0.5, 0.6) is 0 Å². The maximum absolute atomic E-state index is 14.2. The molecule has 0 fully saturated rings. The van der Waals surface area contributed by atoms with Gasteiger partial charge in [-0.2, -0.15) is 0 Å². The summed E-state index contributed by atoms with van der Waals surface area (Å²) in [5.74, 6) is -1.31. The number of nitrogens with two attached hydrogens (primary N) is 2. The molecule has 6 N–H and O–H groups in total. The predicted molar refractivity (Wildman–Crippen MR) is 104 cm³/mol. The fraction of sp³-hybridized carbons (Fsp3) is 0.250. The van der Waals surface area contributed by atoms with Crippen LogP contribution in [0, 0.1) is 11.6 Å². The lowest BCUT2D eigenvalue weighted by Crippen LogP contribution is -2.41. The molecule has 27 heavy (non-hydrogen) atoms. The van der Waals surface area contributed by atoms with Gasteiger partial charge in [-0.1, -0.05) is 25.1 Å². The van der Waals surface area contributed by atoms with E-state index in [1.807, 2.05) is 24.3 Å². The van der Waals surface area contributed by atoms with Gasteiger partial charge in [0.15, 0.2) is 0 Å². The largest absolute Gasteiger partial charge is 0.329 e. The Balaban J connectivity index is 1.85. The van der Waals surface area contributed by atoms with Crippen molar-refractivity contribution in [2.24, 2.45) is 16.5 Å². The summed E-state index contributed by atoms with van der Waals surface area (Å²) in [6.45, 7) is 4.00. The van der Waals surface area contributed by atoms with Gasteiger partial charge in [0, 0.05) is 29.4 Å². The first-order valence-corrected chi connectivity index (χ1v) is 8.71. The molecular formula is C20H23F2N5. The van der Waals surface area contributed by atoms with Gasteiger partial charge in [-0.15, -0.1) is 0 Å². The lowest BCUT2D eigenvalue weighted by Gasteiger charge is -2.29. The fourth-order valence-electron chi connectivity index (χ4n) is 3.10. The van der Waals surface area contributed by atoms with E-state index in [-0.39, 0.29) is 5.56 Å². The van der Waals surface area contributed by atoms with Gasteiger partial charge in [0.25, 0.3) is 0 Å². The van der Waals surface area contributed by atoms with Crippen molar-refractivity contribution >= 4 is 11.6 Å². The zero-order valence-electron chi connectivity index (χ0n) is 15.3. The van der Waals surface area contributed by atoms with Crippen LogP contribution in [0.15, 0.2) is 58.7 Å². The Morgan fingerprint density at radius 2 is 1.78 bits per heavy atom. The average Bonchev–Trinajstić information content (AvgIpc) is 2.65. The highest BCUT2D eigenvalue weighted by molar-refractivity contribution is 5.95. The van der Waals surface area contributed by atoms with Crippen LogP contribution in [0.4, 0.5) is 14.5 Å². The average molecular weight is 371 g/mol. The minimum absolute atomic E-state index is 0.0000914. The highest BCUT2D eigenvalue weighted by Gasteiger charge is 2.26. The Hall–Kier alpha value is -2.77. The summed E-state index contributed by atoms with van der Waals surface area (Å²) in [5, 5.41) is 6.29. The maximum Gasteiger partial charge on any atom is 0.202 e. The molecule has 5 nitrogen and oxygen atoms in total. The Bertz CT molecular complexity index is 869. The van der Waals surface area contributed by atoms with E-state index in [1.165, 1.54) is 18.2 Å². The standard InChI is InChI=1S/C20H23F2N5/c1-11(17-15(21)4-3-5-16(17)22)18-12(2)19(24)27-20(26-18)25-14-8-6-13(10-23)7-9-14/h3-9,11,19H,10,23-24H2,1-2H3,(H2,25,26,27)/t11-,19?/m0/s1. The van der Waals surface area contributed by atoms with Crippen LogP contribution in [-0.2, 0) is 6.54 Å². The number of nitrogens with zero attached hydrogens (tertiary/aromatic N) is 1. The molecular weight excluding hydrogens is 348 g/mol. The van der Waals surface area contributed by atoms with E-state index in [0.29, 0.717) is 18.2 Å². The van der Waals surface area contributed by atoms with Crippen LogP contribution >= 0.6 is 0 Å². The quantitative estimate of drug-likeness (QED) is 0.665. The maximum atomic E-state index is 14.2. The van der Waals surface area contributed by atoms with Crippen molar-refractivity contribution in [3.63, 3.8) is 0 Å². The van der Waals surface area contributed by atoms with Crippen molar-refractivity contribution in [3.05, 3.63) is 76.5 Å². The summed E-state index contributed by atoms with van der Waals surface area (Å²) in [7, 11) is 0. The van der Waals surface area contributed by atoms with E-state index in [0.717, 1.165) is 16.8 Å². The van der Waals surface area contributed by atoms with Crippen molar-refractivity contribution in [1.29, 1.82) is 0 Å². The van der Waals surface area contributed by atoms with Crippen molar-refractivity contribution < 1.29 is 8.78 Å². The van der Waals surface area contributed by atoms with Crippen LogP contribution in [0.3, 0.4) is 0 Å². The molecule has 3 rings (SSSR count). The molecule has 0 saturated carbocycles. The number of nitrogens with one attached hydrogen (secondary N) is 2. The molecule has 0 aliphatic carbocycles. The summed E-state index contributed by atoms with van der Waals surface area (Å²) in [6.07, 6.45) is -0.607. The first kappa shape index (κ1) is 19.0. The molecule has 0 amide bonds. The van der Waals surface area contributed by atoms with Gasteiger partial charge < -0.3 is 22.1 Å². The molecule has 2 aromatic rings. The van der Waals surface area contributed by atoms with Crippen LogP contribution in [-0.4, -0.2) is 12.1 Å². The topological polar surface area (TPSA) is 88.5 Å². The van der Waals surface area contributed by atoms with Gasteiger partial charge in [0.05, 0.1) is 0 Å². The third-order valence-electron chi connectivity index (χ3n) is 4.71. The van der Waals surface area contributed by atoms with Crippen LogP contribution < -0.4 is 22.1 Å². The fourth-order valence-corrected chi connectivity index (χ4v) is 3.10. The first-order valence-electron chi connectivity index (χ1n) is 8.71. The van der Waals surface area contributed by atoms with Gasteiger partial charge >= 0.3 is 0 Å². The van der Waals surface area contributed by atoms with Crippen LogP contribution in [0.2, 0.25) is 0 Å². The molecule has 1 aliphatic rings. The number of hydrogen-bond acceptors (Lipinski definition) is 5. The van der Waals surface area contributed by atoms with Gasteiger partial charge in [-0.3, -0.25) is 0 Å². The SMILES string of the molecule is CC1=C([C@@H](C)c2c(F)cccc2F)NC(Nc2ccc(CN)cc2)=NC1N. The number of rotatable bonds is 4. The monoisotopic (exact) mass is 371 g/mol. The minimum Gasteiger partial charge on any atom is -0.329 e. The van der Waals surface area contributed by atoms with Crippen molar-refractivity contribution in [1.82, 2.24) is 5.32 Å². The Morgan fingerprint density at radius 1 is 1.15 bits per heavy atom. The highest BCUT2D eigenvalue weighted by Crippen LogP contribution is 2.31. The van der Waals surface area contributed by atoms with E-state index in [1.54, 1.807) is 13.8 Å². The molecule has 0 spiro atoms. The summed E-state index contributed by atoms with van der Waals surface area (Å²) >= 11 is 0. The molecule has 2 atom stereocenters. The number of guanidine groups is 1.